The summed E-state index contributed by atoms with van der Waals surface area (Å²) in [5.74, 6) is 0.277. The van der Waals surface area contributed by atoms with Gasteiger partial charge in [0.15, 0.2) is 0 Å². The number of rotatable bonds is 6. The molecule has 1 amide bonds. The number of nitrogens with one attached hydrogen (secondary N) is 1. The molecule has 2 aromatic rings. The summed E-state index contributed by atoms with van der Waals surface area (Å²) in [5, 5.41) is 12.4. The smallest absolute Gasteiger partial charge is 0.223 e. The Kier molecular flexibility index (Phi) is 5.53. The molecule has 1 aliphatic carbocycles. The van der Waals surface area contributed by atoms with Crippen molar-refractivity contribution in [3.05, 3.63) is 59.3 Å². The number of nitrogens with zero attached hydrogens (tertiary/aromatic N) is 4. The van der Waals surface area contributed by atoms with Gasteiger partial charge in [-0.2, -0.15) is 5.26 Å². The fraction of sp³-hybridized carbons (Fsp3) is 0.480. The second kappa shape index (κ2) is 8.38. The number of amides is 1. The normalized spacial score (nSPS) is 25.1. The molecule has 3 heterocycles. The van der Waals surface area contributed by atoms with Crippen molar-refractivity contribution in [3.63, 3.8) is 0 Å². The predicted octanol–water partition coefficient (Wildman–Crippen LogP) is 3.33. The van der Waals surface area contributed by atoms with E-state index in [9.17, 15) is 13.6 Å². The van der Waals surface area contributed by atoms with Gasteiger partial charge in [-0.25, -0.2) is 13.8 Å². The fourth-order valence-corrected chi connectivity index (χ4v) is 5.51. The minimum Gasteiger partial charge on any atom is -0.347 e. The van der Waals surface area contributed by atoms with E-state index in [1.54, 1.807) is 12.3 Å². The molecule has 0 spiro atoms. The molecular weight excluding hydrogens is 424 g/mol. The van der Waals surface area contributed by atoms with Gasteiger partial charge in [-0.15, -0.1) is 0 Å². The van der Waals surface area contributed by atoms with Crippen LogP contribution in [0.15, 0.2) is 36.5 Å². The monoisotopic (exact) mass is 451 g/mol. The number of aromatic nitrogens is 1. The first kappa shape index (κ1) is 21.8. The molecule has 1 aromatic heterocycles. The van der Waals surface area contributed by atoms with Gasteiger partial charge in [0.2, 0.25) is 5.91 Å². The highest BCUT2D eigenvalue weighted by atomic mass is 19.1. The highest BCUT2D eigenvalue weighted by molar-refractivity contribution is 5.77. The third-order valence-corrected chi connectivity index (χ3v) is 7.38. The molecule has 0 radical (unpaired) electrons. The van der Waals surface area contributed by atoms with E-state index in [4.69, 9.17) is 5.26 Å². The number of hydrogen-bond acceptors (Lipinski definition) is 5. The van der Waals surface area contributed by atoms with Crippen LogP contribution in [0.5, 0.6) is 0 Å². The number of carbonyl (C=O) groups is 1. The van der Waals surface area contributed by atoms with Gasteiger partial charge in [0, 0.05) is 55.5 Å². The standard InChI is InChI=1S/C25H27F2N5O/c1-16-10-19-14-31(15-22(16)32(19)23-5-2-17(12-28)13-29-23)24(33)6-9-30-25(7-8-25)20-4-3-18(26)11-21(20)27/h2-5,11,13,16,19,22,30H,6-10,14-15H2,1H3/t16-,19?,22+/m0/s1. The first-order valence-electron chi connectivity index (χ1n) is 11.5. The Hall–Kier alpha value is -3.05. The maximum atomic E-state index is 14.2. The van der Waals surface area contributed by atoms with Gasteiger partial charge < -0.3 is 15.1 Å². The first-order valence-corrected chi connectivity index (χ1v) is 11.5. The number of halogens is 2. The van der Waals surface area contributed by atoms with Crippen LogP contribution in [0.3, 0.4) is 0 Å². The second-order valence-electron chi connectivity index (χ2n) is 9.54. The van der Waals surface area contributed by atoms with Gasteiger partial charge in [-0.05, 0) is 43.4 Å². The van der Waals surface area contributed by atoms with E-state index >= 15 is 0 Å². The lowest BCUT2D eigenvalue weighted by atomic mass is 10.0. The van der Waals surface area contributed by atoms with E-state index in [-0.39, 0.29) is 18.0 Å². The first-order chi connectivity index (χ1) is 15.9. The van der Waals surface area contributed by atoms with Crippen LogP contribution in [-0.2, 0) is 10.3 Å². The molecule has 6 nitrogen and oxygen atoms in total. The zero-order valence-corrected chi connectivity index (χ0v) is 18.6. The molecule has 2 bridgehead atoms. The lowest BCUT2D eigenvalue weighted by Gasteiger charge is -2.42. The molecule has 1 saturated carbocycles. The minimum atomic E-state index is -0.582. The number of likely N-dealkylation sites (tertiary alicyclic amines) is 1. The van der Waals surface area contributed by atoms with Gasteiger partial charge in [-0.1, -0.05) is 13.0 Å². The highest BCUT2D eigenvalue weighted by Crippen LogP contribution is 2.46. The molecule has 3 fully saturated rings. The van der Waals surface area contributed by atoms with Crippen molar-refractivity contribution in [2.45, 2.75) is 50.2 Å². The molecule has 172 valence electrons. The van der Waals surface area contributed by atoms with Crippen LogP contribution < -0.4 is 10.2 Å². The highest BCUT2D eigenvalue weighted by Gasteiger charge is 2.47. The Morgan fingerprint density at radius 3 is 2.73 bits per heavy atom. The summed E-state index contributed by atoms with van der Waals surface area (Å²) in [4.78, 5) is 21.7. The number of anilines is 1. The van der Waals surface area contributed by atoms with Crippen molar-refractivity contribution in [1.82, 2.24) is 15.2 Å². The van der Waals surface area contributed by atoms with Crippen LogP contribution in [-0.4, -0.2) is 47.5 Å². The largest absolute Gasteiger partial charge is 0.347 e. The third kappa shape index (κ3) is 4.06. The average Bonchev–Trinajstić information content (AvgIpc) is 3.55. The molecule has 2 aliphatic heterocycles. The summed E-state index contributed by atoms with van der Waals surface area (Å²) in [6.45, 7) is 3.97. The van der Waals surface area contributed by atoms with Crippen LogP contribution in [0.2, 0.25) is 0 Å². The van der Waals surface area contributed by atoms with Gasteiger partial charge in [0.1, 0.15) is 23.5 Å². The van der Waals surface area contributed by atoms with Crippen molar-refractivity contribution in [2.75, 3.05) is 24.5 Å². The Labute approximate surface area is 192 Å². The number of carbonyl (C=O) groups excluding carboxylic acids is 1. The summed E-state index contributed by atoms with van der Waals surface area (Å²) in [6.07, 6.45) is 4.50. The zero-order chi connectivity index (χ0) is 23.2. The summed E-state index contributed by atoms with van der Waals surface area (Å²) >= 11 is 0. The van der Waals surface area contributed by atoms with Gasteiger partial charge in [0.25, 0.3) is 0 Å². The van der Waals surface area contributed by atoms with Crippen LogP contribution in [0.25, 0.3) is 0 Å². The Bertz CT molecular complexity index is 1090. The Morgan fingerprint density at radius 2 is 2.09 bits per heavy atom. The quantitative estimate of drug-likeness (QED) is 0.730. The van der Waals surface area contributed by atoms with Gasteiger partial charge in [-0.3, -0.25) is 4.79 Å². The van der Waals surface area contributed by atoms with E-state index in [1.807, 2.05) is 11.0 Å². The van der Waals surface area contributed by atoms with Gasteiger partial charge >= 0.3 is 0 Å². The average molecular weight is 452 g/mol. The molecule has 3 atom stereocenters. The van der Waals surface area contributed by atoms with Crippen LogP contribution in [0.4, 0.5) is 14.6 Å². The van der Waals surface area contributed by atoms with Gasteiger partial charge in [0.05, 0.1) is 11.6 Å². The maximum absolute atomic E-state index is 14.2. The molecule has 1 N–H and O–H groups in total. The lowest BCUT2D eigenvalue weighted by molar-refractivity contribution is -0.132. The fourth-order valence-electron chi connectivity index (χ4n) is 5.51. The molecule has 8 heteroatoms. The van der Waals surface area contributed by atoms with E-state index in [0.717, 1.165) is 31.1 Å². The van der Waals surface area contributed by atoms with Crippen LogP contribution in [0, 0.1) is 28.9 Å². The number of benzene rings is 1. The van der Waals surface area contributed by atoms with E-state index in [0.29, 0.717) is 43.1 Å². The maximum Gasteiger partial charge on any atom is 0.223 e. The molecular formula is C25H27F2N5O. The molecule has 5 rings (SSSR count). The SMILES string of the molecule is C[C@H]1CC2CN(C(=O)CCNC3(c4ccc(F)cc4F)CC3)C[C@H]1N2c1ccc(C#N)cn1. The summed E-state index contributed by atoms with van der Waals surface area (Å²) in [6, 6.07) is 9.88. The third-order valence-electron chi connectivity index (χ3n) is 7.38. The Balaban J connectivity index is 1.19. The van der Waals surface area contributed by atoms with Crippen LogP contribution >= 0.6 is 0 Å². The predicted molar refractivity (Wildman–Crippen MR) is 119 cm³/mol. The molecule has 33 heavy (non-hydrogen) atoms. The zero-order valence-electron chi connectivity index (χ0n) is 18.6. The number of nitriles is 1. The number of hydrogen-bond donors (Lipinski definition) is 1. The van der Waals surface area contributed by atoms with Crippen molar-refractivity contribution >= 4 is 11.7 Å². The summed E-state index contributed by atoms with van der Waals surface area (Å²) in [5.41, 5.74) is 0.534. The van der Waals surface area contributed by atoms with Crippen molar-refractivity contribution in [2.24, 2.45) is 5.92 Å². The Morgan fingerprint density at radius 1 is 1.27 bits per heavy atom. The van der Waals surface area contributed by atoms with E-state index in [2.05, 4.69) is 28.2 Å². The summed E-state index contributed by atoms with van der Waals surface area (Å²) in [7, 11) is 0. The van der Waals surface area contributed by atoms with Crippen LogP contribution in [0.1, 0.15) is 43.7 Å². The molecule has 3 aliphatic rings. The van der Waals surface area contributed by atoms with E-state index in [1.165, 1.54) is 12.1 Å². The molecule has 1 unspecified atom stereocenters. The number of pyridine rings is 1. The molecule has 2 saturated heterocycles. The molecule has 1 aromatic carbocycles. The van der Waals surface area contributed by atoms with Crippen molar-refractivity contribution in [3.8, 4) is 6.07 Å². The summed E-state index contributed by atoms with van der Waals surface area (Å²) < 4.78 is 27.5. The van der Waals surface area contributed by atoms with Crippen molar-refractivity contribution in [1.29, 1.82) is 5.26 Å². The topological polar surface area (TPSA) is 72.3 Å². The second-order valence-corrected chi connectivity index (χ2v) is 9.54. The number of fused-ring (bicyclic) bond motifs is 2. The lowest BCUT2D eigenvalue weighted by Crippen LogP contribution is -2.56. The van der Waals surface area contributed by atoms with E-state index < -0.39 is 17.2 Å². The van der Waals surface area contributed by atoms with Crippen molar-refractivity contribution < 1.29 is 13.6 Å². The number of piperazine rings is 1. The minimum absolute atomic E-state index is 0.0921.